The summed E-state index contributed by atoms with van der Waals surface area (Å²) in [7, 11) is 0. The van der Waals surface area contributed by atoms with E-state index in [1.807, 2.05) is 44.2 Å². The molecule has 1 aromatic heterocycles. The Hall–Kier alpha value is -2.48. The Labute approximate surface area is 171 Å². The minimum Gasteiger partial charge on any atom is -0.395 e. The maximum atomic E-state index is 12.4. The lowest BCUT2D eigenvalue weighted by Crippen LogP contribution is -2.46. The molecule has 1 saturated heterocycles. The topological polar surface area (TPSA) is 88.7 Å². The summed E-state index contributed by atoms with van der Waals surface area (Å²) in [6, 6.07) is 9.54. The van der Waals surface area contributed by atoms with Gasteiger partial charge in [-0.1, -0.05) is 12.1 Å². The number of aliphatic hydroxyl groups excluding tert-OH is 1. The first kappa shape index (κ1) is 21.2. The Morgan fingerprint density at radius 2 is 1.76 bits per heavy atom. The quantitative estimate of drug-likeness (QED) is 0.648. The molecule has 3 rings (SSSR count). The number of nitrogens with zero attached hydrogens (tertiary/aromatic N) is 2. The highest BCUT2D eigenvalue weighted by atomic mass is 16.3. The number of benzene rings is 1. The van der Waals surface area contributed by atoms with Gasteiger partial charge < -0.3 is 15.4 Å². The molecule has 1 aromatic carbocycles. The molecule has 29 heavy (non-hydrogen) atoms. The number of aryl methyl sites for hydroxylation is 2. The second-order valence-corrected chi connectivity index (χ2v) is 7.66. The summed E-state index contributed by atoms with van der Waals surface area (Å²) in [5.41, 5.74) is 3.87. The summed E-state index contributed by atoms with van der Waals surface area (Å²) in [5.74, 6) is -0.187. The van der Waals surface area contributed by atoms with Crippen molar-refractivity contribution in [2.75, 3.05) is 39.3 Å². The third kappa shape index (κ3) is 5.76. The van der Waals surface area contributed by atoms with Gasteiger partial charge in [0.1, 0.15) is 0 Å². The normalized spacial score (nSPS) is 15.4. The van der Waals surface area contributed by atoms with Crippen LogP contribution in [0.15, 0.2) is 35.1 Å². The second kappa shape index (κ2) is 9.82. The van der Waals surface area contributed by atoms with Crippen molar-refractivity contribution in [2.45, 2.75) is 26.9 Å². The zero-order chi connectivity index (χ0) is 20.8. The first-order chi connectivity index (χ1) is 14.0. The van der Waals surface area contributed by atoms with Crippen LogP contribution in [0.4, 0.5) is 0 Å². The fraction of sp³-hybridized carbons (Fsp3) is 0.455. The fourth-order valence-electron chi connectivity index (χ4n) is 3.70. The Morgan fingerprint density at radius 1 is 1.10 bits per heavy atom. The molecule has 1 aliphatic heterocycles. The zero-order valence-corrected chi connectivity index (χ0v) is 17.2. The number of pyridine rings is 1. The average molecular weight is 399 g/mol. The van der Waals surface area contributed by atoms with Gasteiger partial charge in [0, 0.05) is 62.6 Å². The van der Waals surface area contributed by atoms with Crippen LogP contribution in [-0.2, 0) is 13.1 Å². The smallest absolute Gasteiger partial charge is 0.253 e. The minimum atomic E-state index is -0.187. The number of β-amino-alcohol motifs (C(OH)–C–C–N with tert-alkyl or cyclic N) is 1. The van der Waals surface area contributed by atoms with E-state index >= 15 is 0 Å². The van der Waals surface area contributed by atoms with Gasteiger partial charge in [0.15, 0.2) is 0 Å². The molecule has 1 aliphatic rings. The monoisotopic (exact) mass is 398 g/mol. The largest absolute Gasteiger partial charge is 0.395 e. The minimum absolute atomic E-state index is 0.155. The van der Waals surface area contributed by atoms with Gasteiger partial charge in [-0.2, -0.15) is 0 Å². The maximum absolute atomic E-state index is 12.4. The number of piperazine rings is 1. The number of H-pyrrole nitrogens is 1. The van der Waals surface area contributed by atoms with E-state index in [0.29, 0.717) is 11.1 Å². The highest BCUT2D eigenvalue weighted by molar-refractivity contribution is 5.94. The van der Waals surface area contributed by atoms with Crippen molar-refractivity contribution in [3.63, 3.8) is 0 Å². The molecule has 1 fully saturated rings. The van der Waals surface area contributed by atoms with Crippen molar-refractivity contribution in [1.82, 2.24) is 20.1 Å². The number of hydrogen-bond donors (Lipinski definition) is 3. The first-order valence-corrected chi connectivity index (χ1v) is 10.1. The maximum Gasteiger partial charge on any atom is 0.253 e. The van der Waals surface area contributed by atoms with Crippen molar-refractivity contribution < 1.29 is 9.90 Å². The van der Waals surface area contributed by atoms with Crippen molar-refractivity contribution >= 4 is 5.91 Å². The molecular formula is C22H30N4O3. The van der Waals surface area contributed by atoms with E-state index in [4.69, 9.17) is 5.11 Å². The molecule has 0 bridgehead atoms. The number of nitrogens with one attached hydrogen (secondary N) is 2. The van der Waals surface area contributed by atoms with Crippen LogP contribution < -0.4 is 10.9 Å². The predicted octanol–water partition coefficient (Wildman–Crippen LogP) is 1.03. The molecule has 3 N–H and O–H groups in total. The van der Waals surface area contributed by atoms with Gasteiger partial charge in [0.2, 0.25) is 0 Å². The number of carbonyl (C=O) groups excluding carboxylic acids is 1. The lowest BCUT2D eigenvalue weighted by molar-refractivity contribution is 0.0950. The van der Waals surface area contributed by atoms with Crippen LogP contribution >= 0.6 is 0 Å². The van der Waals surface area contributed by atoms with Gasteiger partial charge in [0.25, 0.3) is 11.5 Å². The summed E-state index contributed by atoms with van der Waals surface area (Å²) in [4.78, 5) is 31.9. The standard InChI is InChI=1S/C22H30N4O3/c1-16-13-17(2)24-22(29)20(16)14-23-21(28)19-5-3-18(4-6-19)15-26-9-7-25(8-10-26)11-12-27/h3-6,13,27H,7-12,14-15H2,1-2H3,(H,23,28)(H,24,29). The van der Waals surface area contributed by atoms with E-state index in [1.54, 1.807) is 0 Å². The molecular weight excluding hydrogens is 368 g/mol. The van der Waals surface area contributed by atoms with E-state index in [9.17, 15) is 9.59 Å². The van der Waals surface area contributed by atoms with Gasteiger partial charge in [-0.25, -0.2) is 0 Å². The van der Waals surface area contributed by atoms with E-state index < -0.39 is 0 Å². The number of hydrogen-bond acceptors (Lipinski definition) is 5. The highest BCUT2D eigenvalue weighted by Gasteiger charge is 2.16. The van der Waals surface area contributed by atoms with Crippen LogP contribution in [0.2, 0.25) is 0 Å². The van der Waals surface area contributed by atoms with Crippen molar-refractivity contribution in [3.8, 4) is 0 Å². The third-order valence-corrected chi connectivity index (χ3v) is 5.42. The van der Waals surface area contributed by atoms with Gasteiger partial charge in [-0.3, -0.25) is 19.4 Å². The molecule has 7 nitrogen and oxygen atoms in total. The summed E-state index contributed by atoms with van der Waals surface area (Å²) in [6.07, 6.45) is 0. The number of aromatic amines is 1. The molecule has 0 unspecified atom stereocenters. The number of amides is 1. The molecule has 2 heterocycles. The summed E-state index contributed by atoms with van der Waals surface area (Å²) < 4.78 is 0. The molecule has 0 atom stereocenters. The summed E-state index contributed by atoms with van der Waals surface area (Å²) >= 11 is 0. The number of carbonyl (C=O) groups is 1. The predicted molar refractivity (Wildman–Crippen MR) is 113 cm³/mol. The number of aromatic nitrogens is 1. The van der Waals surface area contributed by atoms with Crippen LogP contribution in [0.5, 0.6) is 0 Å². The van der Waals surface area contributed by atoms with Crippen molar-refractivity contribution in [1.29, 1.82) is 0 Å². The lowest BCUT2D eigenvalue weighted by atomic mass is 10.1. The van der Waals surface area contributed by atoms with Crippen LogP contribution in [0.3, 0.4) is 0 Å². The van der Waals surface area contributed by atoms with E-state index in [2.05, 4.69) is 20.1 Å². The SMILES string of the molecule is Cc1cc(C)c(CNC(=O)c2ccc(CN3CCN(CCO)CC3)cc2)c(=O)[nH]1. The number of rotatable bonds is 7. The number of aliphatic hydroxyl groups is 1. The summed E-state index contributed by atoms with van der Waals surface area (Å²) in [5, 5.41) is 11.9. The molecule has 0 radical (unpaired) electrons. The zero-order valence-electron chi connectivity index (χ0n) is 17.2. The second-order valence-electron chi connectivity index (χ2n) is 7.66. The molecule has 2 aromatic rings. The highest BCUT2D eigenvalue weighted by Crippen LogP contribution is 2.11. The summed E-state index contributed by atoms with van der Waals surface area (Å²) in [6.45, 7) is 9.63. The average Bonchev–Trinajstić information content (AvgIpc) is 2.69. The van der Waals surface area contributed by atoms with E-state index in [0.717, 1.165) is 50.5 Å². The van der Waals surface area contributed by atoms with Gasteiger partial charge >= 0.3 is 0 Å². The Kier molecular flexibility index (Phi) is 7.19. The third-order valence-electron chi connectivity index (χ3n) is 5.42. The molecule has 0 saturated carbocycles. The Bertz CT molecular complexity index is 884. The van der Waals surface area contributed by atoms with Gasteiger partial charge in [-0.15, -0.1) is 0 Å². The van der Waals surface area contributed by atoms with Crippen LogP contribution in [0.1, 0.15) is 32.7 Å². The van der Waals surface area contributed by atoms with Gasteiger partial charge in [-0.05, 0) is 43.2 Å². The molecule has 0 spiro atoms. The van der Waals surface area contributed by atoms with Crippen LogP contribution in [0, 0.1) is 13.8 Å². The molecule has 1 amide bonds. The Balaban J connectivity index is 1.52. The van der Waals surface area contributed by atoms with E-state index in [1.165, 1.54) is 5.56 Å². The lowest BCUT2D eigenvalue weighted by Gasteiger charge is -2.34. The van der Waals surface area contributed by atoms with Crippen molar-refractivity contribution in [2.24, 2.45) is 0 Å². The van der Waals surface area contributed by atoms with Crippen molar-refractivity contribution in [3.05, 3.63) is 68.6 Å². The first-order valence-electron chi connectivity index (χ1n) is 10.1. The van der Waals surface area contributed by atoms with Crippen LogP contribution in [0.25, 0.3) is 0 Å². The van der Waals surface area contributed by atoms with Gasteiger partial charge in [0.05, 0.1) is 6.61 Å². The fourth-order valence-corrected chi connectivity index (χ4v) is 3.70. The molecule has 7 heteroatoms. The Morgan fingerprint density at radius 3 is 2.38 bits per heavy atom. The van der Waals surface area contributed by atoms with Crippen LogP contribution in [-0.4, -0.2) is 65.1 Å². The molecule has 156 valence electrons. The van der Waals surface area contributed by atoms with E-state index in [-0.39, 0.29) is 24.6 Å². The molecule has 0 aliphatic carbocycles.